The van der Waals surface area contributed by atoms with Gasteiger partial charge in [-0.2, -0.15) is 5.10 Å². The second-order valence-corrected chi connectivity index (χ2v) is 5.07. The normalized spacial score (nSPS) is 12.4. The third-order valence-electron chi connectivity index (χ3n) is 2.95. The first-order valence-electron chi connectivity index (χ1n) is 6.11. The molecule has 2 aromatic heterocycles. The highest BCUT2D eigenvalue weighted by molar-refractivity contribution is 9.10. The molecule has 6 heteroatoms. The van der Waals surface area contributed by atoms with Crippen LogP contribution < -0.4 is 10.5 Å². The molecule has 0 aromatic carbocycles. The van der Waals surface area contributed by atoms with E-state index in [0.29, 0.717) is 12.3 Å². The Labute approximate surface area is 120 Å². The Morgan fingerprint density at radius 3 is 2.79 bits per heavy atom. The first-order valence-corrected chi connectivity index (χ1v) is 6.90. The maximum Gasteiger partial charge on any atom is 0.212 e. The van der Waals surface area contributed by atoms with E-state index in [9.17, 15) is 0 Å². The molecule has 0 aliphatic carbocycles. The van der Waals surface area contributed by atoms with Gasteiger partial charge in [-0.3, -0.25) is 4.68 Å². The summed E-state index contributed by atoms with van der Waals surface area (Å²) in [7, 11) is 1.60. The Bertz CT molecular complexity index is 538. The predicted octanol–water partition coefficient (Wildman–Crippen LogP) is 2.31. The van der Waals surface area contributed by atoms with Crippen LogP contribution in [-0.4, -0.2) is 21.9 Å². The molecular weight excluding hydrogens is 308 g/mol. The lowest BCUT2D eigenvalue weighted by molar-refractivity contribution is 0.397. The number of methoxy groups -OCH3 is 1. The summed E-state index contributed by atoms with van der Waals surface area (Å²) < 4.78 is 7.89. The van der Waals surface area contributed by atoms with Crippen LogP contribution in [-0.2, 0) is 13.0 Å². The number of hydrogen-bond donors (Lipinski definition) is 1. The van der Waals surface area contributed by atoms with E-state index in [0.717, 1.165) is 22.3 Å². The van der Waals surface area contributed by atoms with Gasteiger partial charge in [0.25, 0.3) is 0 Å². The van der Waals surface area contributed by atoms with Gasteiger partial charge in [-0.15, -0.1) is 0 Å². The summed E-state index contributed by atoms with van der Waals surface area (Å²) >= 11 is 3.50. The summed E-state index contributed by atoms with van der Waals surface area (Å²) in [5.41, 5.74) is 8.35. The fourth-order valence-corrected chi connectivity index (χ4v) is 2.59. The number of rotatable bonds is 5. The topological polar surface area (TPSA) is 66.0 Å². The SMILES string of the molecule is CCn1ncc(Br)c1C(N)Cc1ccc(OC)nc1. The Kier molecular flexibility index (Phi) is 4.55. The van der Waals surface area contributed by atoms with Crippen molar-refractivity contribution in [3.63, 3.8) is 0 Å². The van der Waals surface area contributed by atoms with E-state index >= 15 is 0 Å². The van der Waals surface area contributed by atoms with E-state index < -0.39 is 0 Å². The number of halogens is 1. The van der Waals surface area contributed by atoms with Gasteiger partial charge in [0.15, 0.2) is 0 Å². The summed E-state index contributed by atoms with van der Waals surface area (Å²) in [5, 5.41) is 4.28. The lowest BCUT2D eigenvalue weighted by Gasteiger charge is -2.14. The molecule has 0 amide bonds. The maximum absolute atomic E-state index is 6.27. The van der Waals surface area contributed by atoms with Crippen LogP contribution in [0.5, 0.6) is 5.88 Å². The van der Waals surface area contributed by atoms with E-state index in [1.807, 2.05) is 23.7 Å². The van der Waals surface area contributed by atoms with Gasteiger partial charge in [0.05, 0.1) is 29.5 Å². The molecule has 2 rings (SSSR count). The predicted molar refractivity (Wildman–Crippen MR) is 77.0 cm³/mol. The minimum Gasteiger partial charge on any atom is -0.481 e. The summed E-state index contributed by atoms with van der Waals surface area (Å²) in [5.74, 6) is 0.608. The average molecular weight is 325 g/mol. The van der Waals surface area contributed by atoms with Crippen LogP contribution in [0.2, 0.25) is 0 Å². The largest absolute Gasteiger partial charge is 0.481 e. The molecular formula is C13H17BrN4O. The summed E-state index contributed by atoms with van der Waals surface area (Å²) in [6.45, 7) is 2.85. The molecule has 0 bridgehead atoms. The number of nitrogens with zero attached hydrogens (tertiary/aromatic N) is 3. The molecule has 2 N–H and O–H groups in total. The van der Waals surface area contributed by atoms with Gasteiger partial charge >= 0.3 is 0 Å². The lowest BCUT2D eigenvalue weighted by Crippen LogP contribution is -2.18. The van der Waals surface area contributed by atoms with Crippen molar-refractivity contribution >= 4 is 15.9 Å². The van der Waals surface area contributed by atoms with E-state index in [1.165, 1.54) is 0 Å². The smallest absolute Gasteiger partial charge is 0.212 e. The van der Waals surface area contributed by atoms with Gasteiger partial charge in [0, 0.05) is 18.8 Å². The van der Waals surface area contributed by atoms with Gasteiger partial charge in [-0.1, -0.05) is 6.07 Å². The van der Waals surface area contributed by atoms with Crippen LogP contribution >= 0.6 is 15.9 Å². The molecule has 0 radical (unpaired) electrons. The summed E-state index contributed by atoms with van der Waals surface area (Å²) in [4.78, 5) is 4.18. The standard InChI is InChI=1S/C13H17BrN4O/c1-3-18-13(10(14)8-17-18)11(15)6-9-4-5-12(19-2)16-7-9/h4-5,7-8,11H,3,6,15H2,1-2H3. The summed E-state index contributed by atoms with van der Waals surface area (Å²) in [6.07, 6.45) is 4.28. The maximum atomic E-state index is 6.27. The number of aromatic nitrogens is 3. The van der Waals surface area contributed by atoms with Crippen LogP contribution in [0.3, 0.4) is 0 Å². The second kappa shape index (κ2) is 6.16. The molecule has 0 saturated heterocycles. The van der Waals surface area contributed by atoms with Crippen molar-refractivity contribution < 1.29 is 4.74 Å². The highest BCUT2D eigenvalue weighted by Gasteiger charge is 2.16. The van der Waals surface area contributed by atoms with Gasteiger partial charge in [0.1, 0.15) is 0 Å². The molecule has 0 spiro atoms. The highest BCUT2D eigenvalue weighted by atomic mass is 79.9. The van der Waals surface area contributed by atoms with Crippen molar-refractivity contribution in [2.75, 3.05) is 7.11 Å². The lowest BCUT2D eigenvalue weighted by atomic mass is 10.1. The van der Waals surface area contributed by atoms with E-state index in [2.05, 4.69) is 26.0 Å². The third kappa shape index (κ3) is 3.13. The third-order valence-corrected chi connectivity index (χ3v) is 3.56. The van der Waals surface area contributed by atoms with Gasteiger partial charge in [-0.25, -0.2) is 4.98 Å². The zero-order chi connectivity index (χ0) is 13.8. The molecule has 2 heterocycles. The minimum absolute atomic E-state index is 0.119. The minimum atomic E-state index is -0.119. The quantitative estimate of drug-likeness (QED) is 0.916. The molecule has 0 aliphatic heterocycles. The number of pyridine rings is 1. The molecule has 0 aliphatic rings. The number of hydrogen-bond acceptors (Lipinski definition) is 4. The molecule has 102 valence electrons. The molecule has 0 saturated carbocycles. The van der Waals surface area contributed by atoms with Gasteiger partial charge in [-0.05, 0) is 34.8 Å². The van der Waals surface area contributed by atoms with Crippen molar-refractivity contribution in [1.82, 2.24) is 14.8 Å². The van der Waals surface area contributed by atoms with E-state index in [1.54, 1.807) is 19.5 Å². The molecule has 1 unspecified atom stereocenters. The van der Waals surface area contributed by atoms with Crippen molar-refractivity contribution in [3.8, 4) is 5.88 Å². The zero-order valence-electron chi connectivity index (χ0n) is 11.0. The molecule has 1 atom stereocenters. The van der Waals surface area contributed by atoms with Crippen molar-refractivity contribution in [3.05, 3.63) is 40.3 Å². The van der Waals surface area contributed by atoms with E-state index in [4.69, 9.17) is 10.5 Å². The Balaban J connectivity index is 2.15. The number of ether oxygens (including phenoxy) is 1. The first kappa shape index (κ1) is 14.0. The van der Waals surface area contributed by atoms with Crippen LogP contribution in [0.4, 0.5) is 0 Å². The van der Waals surface area contributed by atoms with Gasteiger partial charge < -0.3 is 10.5 Å². The van der Waals surface area contributed by atoms with Crippen LogP contribution in [0.15, 0.2) is 29.0 Å². The first-order chi connectivity index (χ1) is 9.15. The Morgan fingerprint density at radius 1 is 1.42 bits per heavy atom. The highest BCUT2D eigenvalue weighted by Crippen LogP contribution is 2.24. The second-order valence-electron chi connectivity index (χ2n) is 4.21. The number of nitrogens with two attached hydrogens (primary N) is 1. The van der Waals surface area contributed by atoms with Crippen LogP contribution in [0, 0.1) is 0 Å². The molecule has 2 aromatic rings. The Hall–Kier alpha value is -1.40. The summed E-state index contributed by atoms with van der Waals surface area (Å²) in [6, 6.07) is 3.70. The van der Waals surface area contributed by atoms with Crippen LogP contribution in [0.25, 0.3) is 0 Å². The van der Waals surface area contributed by atoms with Gasteiger partial charge in [0.2, 0.25) is 5.88 Å². The van der Waals surface area contributed by atoms with Crippen molar-refractivity contribution in [2.45, 2.75) is 25.9 Å². The number of aryl methyl sites for hydroxylation is 1. The average Bonchev–Trinajstić information content (AvgIpc) is 2.80. The van der Waals surface area contributed by atoms with E-state index in [-0.39, 0.29) is 6.04 Å². The fourth-order valence-electron chi connectivity index (χ4n) is 2.00. The van der Waals surface area contributed by atoms with Crippen molar-refractivity contribution in [1.29, 1.82) is 0 Å². The fraction of sp³-hybridized carbons (Fsp3) is 0.385. The molecule has 19 heavy (non-hydrogen) atoms. The molecule has 5 nitrogen and oxygen atoms in total. The zero-order valence-corrected chi connectivity index (χ0v) is 12.6. The van der Waals surface area contributed by atoms with Crippen LogP contribution in [0.1, 0.15) is 24.2 Å². The van der Waals surface area contributed by atoms with Crippen molar-refractivity contribution in [2.24, 2.45) is 5.73 Å². The Morgan fingerprint density at radius 2 is 2.21 bits per heavy atom. The monoisotopic (exact) mass is 324 g/mol. The molecule has 0 fully saturated rings.